The molecule has 2 rings (SSSR count). The number of hydrogen-bond donors (Lipinski definition) is 0. The number of unbranched alkanes of at least 4 members (excludes halogenated alkanes) is 2. The molecular formula is C31H44N4O3. The van der Waals surface area contributed by atoms with E-state index in [4.69, 9.17) is 14.3 Å². The summed E-state index contributed by atoms with van der Waals surface area (Å²) in [6, 6.07) is 12.0. The number of likely N-dealkylation sites (N-methyl/N-ethyl adjacent to an activating group) is 1. The summed E-state index contributed by atoms with van der Waals surface area (Å²) in [6.07, 6.45) is 12.0. The highest BCUT2D eigenvalue weighted by molar-refractivity contribution is 5.84. The molecule has 0 radical (unpaired) electrons. The topological polar surface area (TPSA) is 80.3 Å². The SMILES string of the molecule is C/C=C\CN(CC)\C(CCCCCN=O)=N/C(=C/C(C)c1cc(COCc2ccccc2)on1)C(/C)=C\C. The first kappa shape index (κ1) is 30.9. The minimum atomic E-state index is 0.0146. The Morgan fingerprint density at radius 2 is 1.95 bits per heavy atom. The molecule has 0 saturated heterocycles. The van der Waals surface area contributed by atoms with Crippen molar-refractivity contribution in [2.24, 2.45) is 10.2 Å². The van der Waals surface area contributed by atoms with Gasteiger partial charge >= 0.3 is 0 Å². The summed E-state index contributed by atoms with van der Waals surface area (Å²) in [5, 5.41) is 7.29. The predicted octanol–water partition coefficient (Wildman–Crippen LogP) is 7.97. The molecule has 1 aromatic heterocycles. The van der Waals surface area contributed by atoms with Crippen molar-refractivity contribution >= 4 is 5.84 Å². The monoisotopic (exact) mass is 520 g/mol. The van der Waals surface area contributed by atoms with Gasteiger partial charge in [0.15, 0.2) is 5.76 Å². The Morgan fingerprint density at radius 1 is 1.16 bits per heavy atom. The standard InChI is InChI=1S/C31H44N4O3/c1-6-9-20-35(8-3)31(18-14-11-15-19-32-36)33-29(25(4)7-2)21-26(5)30-22-28(38-34-30)24-37-23-27-16-12-10-13-17-27/h6-7,9-10,12-13,16-17,21-22,26H,8,11,14-15,18-20,23-24H2,1-5H3/b9-6-,25-7-,29-21+,33-31-. The van der Waals surface area contributed by atoms with Gasteiger partial charge in [-0.05, 0) is 57.7 Å². The Labute approximate surface area is 228 Å². The number of ether oxygens (including phenoxy) is 1. The lowest BCUT2D eigenvalue weighted by Gasteiger charge is -2.24. The van der Waals surface area contributed by atoms with E-state index < -0.39 is 0 Å². The molecule has 0 spiro atoms. The van der Waals surface area contributed by atoms with Crippen LogP contribution in [0.3, 0.4) is 0 Å². The second-order valence-corrected chi connectivity index (χ2v) is 9.31. The highest BCUT2D eigenvalue weighted by Crippen LogP contribution is 2.23. The van der Waals surface area contributed by atoms with Crippen LogP contribution < -0.4 is 0 Å². The predicted molar refractivity (Wildman–Crippen MR) is 156 cm³/mol. The molecule has 0 aliphatic carbocycles. The average molecular weight is 521 g/mol. The van der Waals surface area contributed by atoms with E-state index in [1.807, 2.05) is 50.2 Å². The summed E-state index contributed by atoms with van der Waals surface area (Å²) in [6.45, 7) is 13.4. The first-order valence-electron chi connectivity index (χ1n) is 13.7. The molecule has 7 heteroatoms. The summed E-state index contributed by atoms with van der Waals surface area (Å²) in [7, 11) is 0. The summed E-state index contributed by atoms with van der Waals surface area (Å²) in [4.78, 5) is 17.9. The Balaban J connectivity index is 2.19. The minimum absolute atomic E-state index is 0.0146. The highest BCUT2D eigenvalue weighted by Gasteiger charge is 2.14. The quantitative estimate of drug-likeness (QED) is 0.0528. The summed E-state index contributed by atoms with van der Waals surface area (Å²) < 4.78 is 11.4. The van der Waals surface area contributed by atoms with Gasteiger partial charge in [-0.3, -0.25) is 0 Å². The molecule has 1 unspecified atom stereocenters. The van der Waals surface area contributed by atoms with Crippen molar-refractivity contribution in [3.8, 4) is 0 Å². The van der Waals surface area contributed by atoms with E-state index in [1.165, 1.54) is 0 Å². The van der Waals surface area contributed by atoms with Gasteiger partial charge in [-0.2, -0.15) is 4.91 Å². The number of aromatic nitrogens is 1. The number of amidine groups is 1. The van der Waals surface area contributed by atoms with Gasteiger partial charge in [-0.1, -0.05) is 72.2 Å². The van der Waals surface area contributed by atoms with Gasteiger partial charge < -0.3 is 14.2 Å². The van der Waals surface area contributed by atoms with Gasteiger partial charge in [-0.15, -0.1) is 0 Å². The van der Waals surface area contributed by atoms with E-state index in [-0.39, 0.29) is 5.92 Å². The first-order chi connectivity index (χ1) is 18.5. The number of allylic oxidation sites excluding steroid dienone is 4. The highest BCUT2D eigenvalue weighted by atomic mass is 16.5. The summed E-state index contributed by atoms with van der Waals surface area (Å²) in [5.74, 6) is 1.78. The smallest absolute Gasteiger partial charge is 0.162 e. The second-order valence-electron chi connectivity index (χ2n) is 9.31. The van der Waals surface area contributed by atoms with Crippen LogP contribution in [0.25, 0.3) is 0 Å². The Kier molecular flexibility index (Phi) is 14.7. The largest absolute Gasteiger partial charge is 0.369 e. The lowest BCUT2D eigenvalue weighted by Crippen LogP contribution is -2.31. The van der Waals surface area contributed by atoms with Crippen LogP contribution in [-0.4, -0.2) is 35.5 Å². The van der Waals surface area contributed by atoms with Gasteiger partial charge in [-0.25, -0.2) is 4.99 Å². The number of nitrogens with zero attached hydrogens (tertiary/aromatic N) is 4. The van der Waals surface area contributed by atoms with Crippen LogP contribution in [0.15, 0.2) is 86.7 Å². The molecular weight excluding hydrogens is 476 g/mol. The molecule has 0 N–H and O–H groups in total. The van der Waals surface area contributed by atoms with Gasteiger partial charge in [0, 0.05) is 31.5 Å². The van der Waals surface area contributed by atoms with Crippen molar-refractivity contribution in [3.05, 3.63) is 93.9 Å². The lowest BCUT2D eigenvalue weighted by atomic mass is 10.0. The fourth-order valence-electron chi connectivity index (χ4n) is 3.89. The molecule has 7 nitrogen and oxygen atoms in total. The van der Waals surface area contributed by atoms with Crippen LogP contribution in [0.4, 0.5) is 0 Å². The molecule has 0 saturated carbocycles. The maximum Gasteiger partial charge on any atom is 0.162 e. The second kappa shape index (κ2) is 18.0. The van der Waals surface area contributed by atoms with Crippen molar-refractivity contribution in [1.82, 2.24) is 10.1 Å². The number of rotatable bonds is 17. The van der Waals surface area contributed by atoms with Gasteiger partial charge in [0.05, 0.1) is 24.5 Å². The normalized spacial score (nSPS) is 13.8. The number of benzene rings is 1. The van der Waals surface area contributed by atoms with Crippen molar-refractivity contribution in [2.75, 3.05) is 19.6 Å². The third kappa shape index (κ3) is 11.0. The zero-order chi connectivity index (χ0) is 27.6. The summed E-state index contributed by atoms with van der Waals surface area (Å²) in [5.41, 5.74) is 4.02. The fraction of sp³-hybridized carbons (Fsp3) is 0.484. The van der Waals surface area contributed by atoms with Crippen LogP contribution in [0.5, 0.6) is 0 Å². The molecule has 1 heterocycles. The third-order valence-corrected chi connectivity index (χ3v) is 6.35. The number of hydrogen-bond acceptors (Lipinski definition) is 6. The minimum Gasteiger partial charge on any atom is -0.369 e. The number of nitroso groups, excluding NO2 is 1. The van der Waals surface area contributed by atoms with Crippen molar-refractivity contribution in [1.29, 1.82) is 0 Å². The van der Waals surface area contributed by atoms with E-state index in [2.05, 4.69) is 60.3 Å². The Bertz CT molecular complexity index is 1070. The van der Waals surface area contributed by atoms with Crippen LogP contribution in [0, 0.1) is 4.91 Å². The molecule has 1 atom stereocenters. The Morgan fingerprint density at radius 3 is 2.63 bits per heavy atom. The molecule has 0 aliphatic heterocycles. The van der Waals surface area contributed by atoms with Crippen molar-refractivity contribution in [3.63, 3.8) is 0 Å². The molecule has 1 aromatic carbocycles. The lowest BCUT2D eigenvalue weighted by molar-refractivity contribution is 0.0883. The summed E-state index contributed by atoms with van der Waals surface area (Å²) >= 11 is 0. The molecule has 2 aromatic rings. The van der Waals surface area contributed by atoms with Gasteiger partial charge in [0.25, 0.3) is 0 Å². The van der Waals surface area contributed by atoms with Crippen LogP contribution in [0.1, 0.15) is 83.2 Å². The van der Waals surface area contributed by atoms with E-state index in [9.17, 15) is 4.91 Å². The van der Waals surface area contributed by atoms with E-state index in [1.54, 1.807) is 0 Å². The molecule has 0 aliphatic rings. The third-order valence-electron chi connectivity index (χ3n) is 6.35. The van der Waals surface area contributed by atoms with E-state index in [0.29, 0.717) is 25.5 Å². The maximum atomic E-state index is 10.4. The van der Waals surface area contributed by atoms with Crippen molar-refractivity contribution in [2.45, 2.75) is 79.4 Å². The molecule has 0 amide bonds. The van der Waals surface area contributed by atoms with Crippen LogP contribution in [-0.2, 0) is 18.0 Å². The molecule has 38 heavy (non-hydrogen) atoms. The zero-order valence-corrected chi connectivity index (χ0v) is 23.7. The first-order valence-corrected chi connectivity index (χ1v) is 13.7. The van der Waals surface area contributed by atoms with Crippen LogP contribution in [0.2, 0.25) is 0 Å². The fourth-order valence-corrected chi connectivity index (χ4v) is 3.89. The van der Waals surface area contributed by atoms with Gasteiger partial charge in [0.2, 0.25) is 0 Å². The number of aliphatic imine (C=N–C) groups is 1. The molecule has 206 valence electrons. The average Bonchev–Trinajstić information content (AvgIpc) is 3.41. The molecule has 0 bridgehead atoms. The van der Waals surface area contributed by atoms with Gasteiger partial charge in [0.1, 0.15) is 12.4 Å². The zero-order valence-electron chi connectivity index (χ0n) is 23.7. The molecule has 0 fully saturated rings. The van der Waals surface area contributed by atoms with E-state index in [0.717, 1.165) is 67.1 Å². The van der Waals surface area contributed by atoms with Crippen LogP contribution >= 0.6 is 0 Å². The Hall–Kier alpha value is -3.32. The van der Waals surface area contributed by atoms with Crippen molar-refractivity contribution < 1.29 is 9.26 Å². The maximum absolute atomic E-state index is 10.4. The van der Waals surface area contributed by atoms with E-state index >= 15 is 0 Å².